The number of nitro benzene ring substituents is 1. The van der Waals surface area contributed by atoms with Gasteiger partial charge in [0.1, 0.15) is 6.61 Å². The van der Waals surface area contributed by atoms with E-state index < -0.39 is 4.92 Å². The van der Waals surface area contributed by atoms with Crippen LogP contribution in [0.1, 0.15) is 23.6 Å². The molecule has 174 valence electrons. The molecular weight excluding hydrogens is 464 g/mol. The summed E-state index contributed by atoms with van der Waals surface area (Å²) in [5.41, 5.74) is 2.50. The smallest absolute Gasteiger partial charge is 0.269 e. The van der Waals surface area contributed by atoms with Crippen molar-refractivity contribution in [2.45, 2.75) is 13.5 Å². The van der Waals surface area contributed by atoms with Gasteiger partial charge in [-0.05, 0) is 70.8 Å². The average molecular weight is 485 g/mol. The molecule has 4 aromatic rings. The molecule has 35 heavy (non-hydrogen) atoms. The second-order valence-electron chi connectivity index (χ2n) is 7.71. The number of fused-ring (bicyclic) bond motifs is 1. The van der Waals surface area contributed by atoms with Gasteiger partial charge in [-0.1, -0.05) is 48.0 Å². The molecule has 0 saturated heterocycles. The molecule has 0 aromatic heterocycles. The summed E-state index contributed by atoms with van der Waals surface area (Å²) in [5, 5.41) is 23.2. The van der Waals surface area contributed by atoms with Crippen LogP contribution in [-0.2, 0) is 6.61 Å². The summed E-state index contributed by atoms with van der Waals surface area (Å²) in [5.74, 6) is 0.890. The van der Waals surface area contributed by atoms with Crippen molar-refractivity contribution in [1.82, 2.24) is 0 Å². The zero-order chi connectivity index (χ0) is 24.8. The molecule has 0 bridgehead atoms. The van der Waals surface area contributed by atoms with Gasteiger partial charge in [0.05, 0.1) is 28.2 Å². The van der Waals surface area contributed by atoms with Crippen molar-refractivity contribution < 1.29 is 14.4 Å². The van der Waals surface area contributed by atoms with Gasteiger partial charge in [-0.25, -0.2) is 0 Å². The molecule has 0 fully saturated rings. The highest BCUT2D eigenvalue weighted by Crippen LogP contribution is 2.38. The zero-order valence-corrected chi connectivity index (χ0v) is 19.7. The number of rotatable bonds is 8. The summed E-state index contributed by atoms with van der Waals surface area (Å²) in [6.07, 6.45) is 1.66. The van der Waals surface area contributed by atoms with E-state index in [1.807, 2.05) is 25.1 Å². The predicted molar refractivity (Wildman–Crippen MR) is 137 cm³/mol. The third kappa shape index (κ3) is 5.60. The highest BCUT2D eigenvalue weighted by Gasteiger charge is 2.14. The van der Waals surface area contributed by atoms with E-state index >= 15 is 0 Å². The van der Waals surface area contributed by atoms with E-state index in [1.165, 1.54) is 12.1 Å². The van der Waals surface area contributed by atoms with Gasteiger partial charge < -0.3 is 9.47 Å². The Bertz CT molecular complexity index is 1460. The van der Waals surface area contributed by atoms with Gasteiger partial charge in [-0.3, -0.25) is 10.1 Å². The molecule has 0 aliphatic heterocycles. The first-order chi connectivity index (χ1) is 17.0. The van der Waals surface area contributed by atoms with E-state index in [4.69, 9.17) is 21.1 Å². The summed E-state index contributed by atoms with van der Waals surface area (Å²) in [6, 6.07) is 25.6. The molecule has 0 saturated carbocycles. The number of hydrogen-bond acceptors (Lipinski definition) is 5. The van der Waals surface area contributed by atoms with Gasteiger partial charge in [0.2, 0.25) is 0 Å². The predicted octanol–water partition coefficient (Wildman–Crippen LogP) is 7.44. The largest absolute Gasteiger partial charge is 0.490 e. The highest BCUT2D eigenvalue weighted by atomic mass is 35.5. The molecule has 0 unspecified atom stereocenters. The number of non-ortho nitro benzene ring substituents is 1. The van der Waals surface area contributed by atoms with Gasteiger partial charge in [-0.2, -0.15) is 5.26 Å². The molecule has 0 radical (unpaired) electrons. The molecule has 0 heterocycles. The van der Waals surface area contributed by atoms with Crippen molar-refractivity contribution in [3.63, 3.8) is 0 Å². The fourth-order valence-corrected chi connectivity index (χ4v) is 3.94. The molecule has 6 nitrogen and oxygen atoms in total. The lowest BCUT2D eigenvalue weighted by molar-refractivity contribution is -0.384. The second kappa shape index (κ2) is 10.7. The van der Waals surface area contributed by atoms with Crippen molar-refractivity contribution in [2.24, 2.45) is 0 Å². The standard InChI is InChI=1S/C28H21ClN2O4/c1-2-34-27-16-20(14-24(17-30)22-9-11-25(12-10-22)31(32)33)15-26(29)28(27)35-18-19-7-8-21-5-3-4-6-23(21)13-19/h3-16H,2,18H2,1H3/b24-14-. The number of halogens is 1. The van der Waals surface area contributed by atoms with Gasteiger partial charge in [0.25, 0.3) is 5.69 Å². The lowest BCUT2D eigenvalue weighted by Crippen LogP contribution is -2.01. The Morgan fingerprint density at radius 1 is 1.03 bits per heavy atom. The topological polar surface area (TPSA) is 85.4 Å². The number of nitro groups is 1. The van der Waals surface area contributed by atoms with Crippen molar-refractivity contribution in [3.8, 4) is 17.6 Å². The van der Waals surface area contributed by atoms with Gasteiger partial charge in [0, 0.05) is 12.1 Å². The number of nitrogens with zero attached hydrogens (tertiary/aromatic N) is 2. The summed E-state index contributed by atoms with van der Waals surface area (Å²) in [6.45, 7) is 2.58. The molecule has 0 aliphatic rings. The summed E-state index contributed by atoms with van der Waals surface area (Å²) < 4.78 is 11.8. The molecule has 0 amide bonds. The Kier molecular flexibility index (Phi) is 7.30. The van der Waals surface area contributed by atoms with Crippen LogP contribution in [0.5, 0.6) is 11.5 Å². The van der Waals surface area contributed by atoms with Crippen molar-refractivity contribution in [2.75, 3.05) is 6.61 Å². The first kappa shape index (κ1) is 23.8. The Labute approximate surface area is 207 Å². The van der Waals surface area contributed by atoms with E-state index in [1.54, 1.807) is 30.3 Å². The third-order valence-corrected chi connectivity index (χ3v) is 5.63. The van der Waals surface area contributed by atoms with Crippen LogP contribution >= 0.6 is 11.6 Å². The number of ether oxygens (including phenoxy) is 2. The van der Waals surface area contributed by atoms with Crippen LogP contribution in [0, 0.1) is 21.4 Å². The number of allylic oxidation sites excluding steroid dienone is 1. The van der Waals surface area contributed by atoms with Crippen LogP contribution in [0.3, 0.4) is 0 Å². The second-order valence-corrected chi connectivity index (χ2v) is 8.11. The van der Waals surface area contributed by atoms with E-state index in [9.17, 15) is 15.4 Å². The SMILES string of the molecule is CCOc1cc(/C=C(/C#N)c2ccc([N+](=O)[O-])cc2)cc(Cl)c1OCc1ccc2ccccc2c1. The average Bonchev–Trinajstić information content (AvgIpc) is 2.87. The van der Waals surface area contributed by atoms with Gasteiger partial charge >= 0.3 is 0 Å². The number of nitriles is 1. The number of hydrogen-bond donors (Lipinski definition) is 0. The Balaban J connectivity index is 1.61. The molecule has 0 N–H and O–H groups in total. The maximum Gasteiger partial charge on any atom is 0.269 e. The van der Waals surface area contributed by atoms with Gasteiger partial charge in [0.15, 0.2) is 11.5 Å². The lowest BCUT2D eigenvalue weighted by atomic mass is 10.0. The minimum Gasteiger partial charge on any atom is -0.490 e. The Hall–Kier alpha value is -4.34. The quantitative estimate of drug-likeness (QED) is 0.112. The third-order valence-electron chi connectivity index (χ3n) is 5.35. The zero-order valence-electron chi connectivity index (χ0n) is 18.9. The molecule has 0 aliphatic carbocycles. The lowest BCUT2D eigenvalue weighted by Gasteiger charge is -2.15. The van der Waals surface area contributed by atoms with Crippen LogP contribution < -0.4 is 9.47 Å². The van der Waals surface area contributed by atoms with Gasteiger partial charge in [-0.15, -0.1) is 0 Å². The minimum atomic E-state index is -0.482. The van der Waals surface area contributed by atoms with E-state index in [2.05, 4.69) is 30.3 Å². The monoisotopic (exact) mass is 484 g/mol. The molecule has 4 rings (SSSR count). The van der Waals surface area contributed by atoms with Crippen LogP contribution in [0.15, 0.2) is 78.9 Å². The van der Waals surface area contributed by atoms with Crippen molar-refractivity contribution in [1.29, 1.82) is 5.26 Å². The molecule has 0 spiro atoms. The summed E-state index contributed by atoms with van der Waals surface area (Å²) in [7, 11) is 0. The molecule has 0 atom stereocenters. The normalized spacial score (nSPS) is 11.2. The van der Waals surface area contributed by atoms with Crippen LogP contribution in [0.2, 0.25) is 5.02 Å². The fraction of sp³-hybridized carbons (Fsp3) is 0.107. The first-order valence-electron chi connectivity index (χ1n) is 10.9. The first-order valence-corrected chi connectivity index (χ1v) is 11.3. The number of benzene rings is 4. The van der Waals surface area contributed by atoms with E-state index in [-0.39, 0.29) is 5.69 Å². The van der Waals surface area contributed by atoms with E-state index in [0.717, 1.165) is 16.3 Å². The summed E-state index contributed by atoms with van der Waals surface area (Å²) >= 11 is 6.57. The maximum absolute atomic E-state index is 10.9. The summed E-state index contributed by atoms with van der Waals surface area (Å²) in [4.78, 5) is 10.4. The Morgan fingerprint density at radius 2 is 1.77 bits per heavy atom. The van der Waals surface area contributed by atoms with Crippen molar-refractivity contribution in [3.05, 3.63) is 111 Å². The molecule has 7 heteroatoms. The fourth-order valence-electron chi connectivity index (χ4n) is 3.67. The van der Waals surface area contributed by atoms with Crippen LogP contribution in [-0.4, -0.2) is 11.5 Å². The molecular formula is C28H21ClN2O4. The molecule has 4 aromatic carbocycles. The van der Waals surface area contributed by atoms with E-state index in [0.29, 0.717) is 46.4 Å². The van der Waals surface area contributed by atoms with Crippen LogP contribution in [0.4, 0.5) is 5.69 Å². The maximum atomic E-state index is 10.9. The van der Waals surface area contributed by atoms with Crippen molar-refractivity contribution >= 4 is 39.7 Å². The van der Waals surface area contributed by atoms with Crippen LogP contribution in [0.25, 0.3) is 22.4 Å². The Morgan fingerprint density at radius 3 is 2.46 bits per heavy atom. The highest BCUT2D eigenvalue weighted by molar-refractivity contribution is 6.32. The minimum absolute atomic E-state index is 0.0411.